The number of nitrogens with zero attached hydrogens (tertiary/aromatic N) is 2. The first kappa shape index (κ1) is 21.9. The molecular formula is C23H18BrN3O4S. The number of aromatic nitrogens is 1. The number of ether oxygens (including phenoxy) is 1. The number of hydrogen-bond acceptors (Lipinski definition) is 5. The van der Waals surface area contributed by atoms with Gasteiger partial charge in [0.15, 0.2) is 0 Å². The Bertz CT molecular complexity index is 1200. The van der Waals surface area contributed by atoms with Crippen LogP contribution in [0, 0.1) is 0 Å². The Morgan fingerprint density at radius 2 is 1.81 bits per heavy atom. The first-order valence-electron chi connectivity index (χ1n) is 9.56. The first-order valence-corrected chi connectivity index (χ1v) is 11.2. The van der Waals surface area contributed by atoms with Gasteiger partial charge in [0, 0.05) is 28.2 Å². The second-order valence-electron chi connectivity index (χ2n) is 6.87. The number of amides is 3. The third kappa shape index (κ3) is 4.95. The number of carbonyl (C=O) groups excluding carboxylic acids is 3. The highest BCUT2D eigenvalue weighted by atomic mass is 79.9. The number of benzene rings is 2. The molecule has 1 saturated heterocycles. The van der Waals surface area contributed by atoms with Gasteiger partial charge in [-0.2, -0.15) is 0 Å². The van der Waals surface area contributed by atoms with E-state index >= 15 is 0 Å². The Balaban J connectivity index is 1.43. The average Bonchev–Trinajstić information content (AvgIpc) is 3.36. The number of hydrogen-bond donors (Lipinski definition) is 1. The minimum absolute atomic E-state index is 0.277. The molecule has 1 aliphatic heterocycles. The van der Waals surface area contributed by atoms with Gasteiger partial charge in [-0.1, -0.05) is 15.9 Å². The second-order valence-corrected chi connectivity index (χ2v) is 8.78. The van der Waals surface area contributed by atoms with Gasteiger partial charge < -0.3 is 14.6 Å². The highest BCUT2D eigenvalue weighted by Gasteiger charge is 2.36. The highest BCUT2D eigenvalue weighted by molar-refractivity contribution is 9.10. The molecule has 9 heteroatoms. The molecule has 1 N–H and O–H groups in total. The molecule has 1 aromatic heterocycles. The predicted octanol–water partition coefficient (Wildman–Crippen LogP) is 4.92. The van der Waals surface area contributed by atoms with Gasteiger partial charge in [0.1, 0.15) is 12.3 Å². The van der Waals surface area contributed by atoms with Crippen LogP contribution >= 0.6 is 27.7 Å². The molecule has 0 radical (unpaired) electrons. The van der Waals surface area contributed by atoms with Crippen LogP contribution in [0.25, 0.3) is 11.8 Å². The zero-order valence-electron chi connectivity index (χ0n) is 16.9. The van der Waals surface area contributed by atoms with E-state index in [1.165, 1.54) is 0 Å². The number of thioether (sulfide) groups is 1. The fourth-order valence-corrected chi connectivity index (χ4v) is 4.18. The maximum absolute atomic E-state index is 12.7. The molecule has 3 amide bonds. The lowest BCUT2D eigenvalue weighted by Gasteiger charge is -2.12. The lowest BCUT2D eigenvalue weighted by molar-refractivity contribution is -0.127. The normalized spacial score (nSPS) is 14.8. The summed E-state index contributed by atoms with van der Waals surface area (Å²) in [5.74, 6) is -0.163. The summed E-state index contributed by atoms with van der Waals surface area (Å²) < 4.78 is 7.96. The van der Waals surface area contributed by atoms with E-state index in [0.717, 1.165) is 38.1 Å². The van der Waals surface area contributed by atoms with Crippen molar-refractivity contribution in [3.63, 3.8) is 0 Å². The van der Waals surface area contributed by atoms with Gasteiger partial charge in [0.2, 0.25) is 5.91 Å². The molecule has 0 spiro atoms. The van der Waals surface area contributed by atoms with Crippen LogP contribution in [0.1, 0.15) is 5.56 Å². The lowest BCUT2D eigenvalue weighted by atomic mass is 10.3. The molecule has 0 atom stereocenters. The van der Waals surface area contributed by atoms with Crippen LogP contribution in [-0.4, -0.2) is 40.2 Å². The summed E-state index contributed by atoms with van der Waals surface area (Å²) in [6.45, 7) is -0.342. The van der Waals surface area contributed by atoms with Gasteiger partial charge in [0.25, 0.3) is 11.1 Å². The van der Waals surface area contributed by atoms with Crippen molar-refractivity contribution in [3.8, 4) is 11.4 Å². The zero-order chi connectivity index (χ0) is 22.7. The van der Waals surface area contributed by atoms with Gasteiger partial charge >= 0.3 is 0 Å². The van der Waals surface area contributed by atoms with E-state index in [1.807, 2.05) is 47.3 Å². The van der Waals surface area contributed by atoms with Crippen LogP contribution in [0.3, 0.4) is 0 Å². The molecule has 2 aromatic carbocycles. The molecule has 1 fully saturated rings. The number of imide groups is 1. The molecule has 0 bridgehead atoms. The quantitative estimate of drug-likeness (QED) is 0.475. The number of methoxy groups -OCH3 is 1. The van der Waals surface area contributed by atoms with E-state index in [1.54, 1.807) is 37.5 Å². The van der Waals surface area contributed by atoms with Crippen LogP contribution in [0.4, 0.5) is 10.5 Å². The van der Waals surface area contributed by atoms with Crippen LogP contribution in [-0.2, 0) is 9.59 Å². The Morgan fingerprint density at radius 1 is 1.09 bits per heavy atom. The summed E-state index contributed by atoms with van der Waals surface area (Å²) in [4.78, 5) is 38.6. The van der Waals surface area contributed by atoms with E-state index in [0.29, 0.717) is 5.69 Å². The summed E-state index contributed by atoms with van der Waals surface area (Å²) in [5.41, 5.74) is 2.29. The number of anilines is 1. The molecule has 162 valence electrons. The van der Waals surface area contributed by atoms with Gasteiger partial charge in [-0.25, -0.2) is 0 Å². The summed E-state index contributed by atoms with van der Waals surface area (Å²) in [7, 11) is 1.61. The molecule has 7 nitrogen and oxygen atoms in total. The molecular weight excluding hydrogens is 494 g/mol. The molecule has 3 aromatic rings. The lowest BCUT2D eigenvalue weighted by Crippen LogP contribution is -2.36. The van der Waals surface area contributed by atoms with Crippen molar-refractivity contribution in [1.29, 1.82) is 0 Å². The van der Waals surface area contributed by atoms with Crippen LogP contribution < -0.4 is 10.1 Å². The standard InChI is InChI=1S/C23H18BrN3O4S/c1-31-19-8-6-18(7-9-19)26-11-10-15(13-26)12-20-22(29)27(23(30)32-20)14-21(28)25-17-4-2-16(24)3-5-17/h2-13H,14H2,1H3,(H,25,28)/b20-12+. The molecule has 0 saturated carbocycles. The SMILES string of the molecule is COc1ccc(-n2ccc(/C=C3/SC(=O)N(CC(=O)Nc4ccc(Br)cc4)C3=O)c2)cc1. The largest absolute Gasteiger partial charge is 0.497 e. The third-order valence-corrected chi connectivity index (χ3v) is 6.12. The van der Waals surface area contributed by atoms with E-state index in [2.05, 4.69) is 21.2 Å². The third-order valence-electron chi connectivity index (χ3n) is 4.69. The summed E-state index contributed by atoms with van der Waals surface area (Å²) in [5, 5.41) is 2.21. The molecule has 0 unspecified atom stereocenters. The van der Waals surface area contributed by atoms with Crippen molar-refractivity contribution in [2.45, 2.75) is 0 Å². The van der Waals surface area contributed by atoms with Gasteiger partial charge in [0.05, 0.1) is 12.0 Å². The Morgan fingerprint density at radius 3 is 2.50 bits per heavy atom. The zero-order valence-corrected chi connectivity index (χ0v) is 19.4. The van der Waals surface area contributed by atoms with Crippen molar-refractivity contribution in [2.24, 2.45) is 0 Å². The number of halogens is 1. The Kier molecular flexibility index (Phi) is 6.48. The fourth-order valence-electron chi connectivity index (χ4n) is 3.08. The topological polar surface area (TPSA) is 80.6 Å². The van der Waals surface area contributed by atoms with Crippen molar-refractivity contribution in [1.82, 2.24) is 9.47 Å². The van der Waals surface area contributed by atoms with Crippen molar-refractivity contribution < 1.29 is 19.1 Å². The van der Waals surface area contributed by atoms with E-state index in [4.69, 9.17) is 4.74 Å². The molecule has 0 aliphatic carbocycles. The fraction of sp³-hybridized carbons (Fsp3) is 0.0870. The summed E-state index contributed by atoms with van der Waals surface area (Å²) >= 11 is 4.15. The van der Waals surface area contributed by atoms with Gasteiger partial charge in [-0.15, -0.1) is 0 Å². The monoisotopic (exact) mass is 511 g/mol. The first-order chi connectivity index (χ1) is 15.4. The molecule has 1 aliphatic rings. The summed E-state index contributed by atoms with van der Waals surface area (Å²) in [6, 6.07) is 16.4. The van der Waals surface area contributed by atoms with E-state index < -0.39 is 17.1 Å². The van der Waals surface area contributed by atoms with Crippen LogP contribution in [0.2, 0.25) is 0 Å². The minimum Gasteiger partial charge on any atom is -0.497 e. The molecule has 4 rings (SSSR count). The predicted molar refractivity (Wildman–Crippen MR) is 128 cm³/mol. The molecule has 2 heterocycles. The molecule has 32 heavy (non-hydrogen) atoms. The van der Waals surface area contributed by atoms with Gasteiger partial charge in [-0.05, 0) is 78.0 Å². The minimum atomic E-state index is -0.483. The maximum atomic E-state index is 12.7. The highest BCUT2D eigenvalue weighted by Crippen LogP contribution is 2.32. The van der Waals surface area contributed by atoms with Crippen molar-refractivity contribution in [3.05, 3.63) is 81.9 Å². The Labute approximate surface area is 197 Å². The van der Waals surface area contributed by atoms with Crippen LogP contribution in [0.5, 0.6) is 5.75 Å². The van der Waals surface area contributed by atoms with E-state index in [-0.39, 0.29) is 11.4 Å². The summed E-state index contributed by atoms with van der Waals surface area (Å²) in [6.07, 6.45) is 5.37. The maximum Gasteiger partial charge on any atom is 0.294 e. The number of carbonyl (C=O) groups is 3. The smallest absolute Gasteiger partial charge is 0.294 e. The average molecular weight is 512 g/mol. The van der Waals surface area contributed by atoms with Crippen molar-refractivity contribution >= 4 is 56.5 Å². The second kappa shape index (κ2) is 9.46. The Hall–Kier alpha value is -3.30. The van der Waals surface area contributed by atoms with Crippen LogP contribution in [0.15, 0.2) is 76.4 Å². The van der Waals surface area contributed by atoms with Crippen molar-refractivity contribution in [2.75, 3.05) is 19.0 Å². The number of rotatable bonds is 6. The number of nitrogens with one attached hydrogen (secondary N) is 1. The van der Waals surface area contributed by atoms with Gasteiger partial charge in [-0.3, -0.25) is 19.3 Å². The van der Waals surface area contributed by atoms with E-state index in [9.17, 15) is 14.4 Å².